The molecular formula is C22H25N3O5S. The topological polar surface area (TPSA) is 90.1 Å². The van der Waals surface area contributed by atoms with Crippen molar-refractivity contribution >= 4 is 28.9 Å². The summed E-state index contributed by atoms with van der Waals surface area (Å²) in [6.45, 7) is 1.80. The molecule has 0 radical (unpaired) electrons. The molecule has 9 heteroatoms. The van der Waals surface area contributed by atoms with Crippen molar-refractivity contribution in [2.75, 3.05) is 33.8 Å². The second-order valence-corrected chi connectivity index (χ2v) is 7.08. The highest BCUT2D eigenvalue weighted by atomic mass is 32.1. The first-order valence-corrected chi connectivity index (χ1v) is 9.86. The molecule has 1 atom stereocenters. The number of para-hydroxylation sites is 2. The first kappa shape index (κ1) is 22.2. The van der Waals surface area contributed by atoms with Gasteiger partial charge in [-0.05, 0) is 37.3 Å². The van der Waals surface area contributed by atoms with Crippen molar-refractivity contribution in [3.8, 4) is 23.0 Å². The van der Waals surface area contributed by atoms with Gasteiger partial charge < -0.3 is 34.9 Å². The number of nitrogens with one attached hydrogen (secondary N) is 3. The number of hydrogen-bond donors (Lipinski definition) is 3. The van der Waals surface area contributed by atoms with Gasteiger partial charge in [0.05, 0.1) is 45.7 Å². The molecule has 0 bridgehead atoms. The third-order valence-corrected chi connectivity index (χ3v) is 5.14. The van der Waals surface area contributed by atoms with Crippen LogP contribution in [0.4, 0.5) is 5.69 Å². The Labute approximate surface area is 186 Å². The van der Waals surface area contributed by atoms with E-state index in [2.05, 4.69) is 16.0 Å². The number of amides is 1. The number of ether oxygens (including phenoxy) is 4. The van der Waals surface area contributed by atoms with Crippen LogP contribution in [-0.2, 0) is 4.79 Å². The van der Waals surface area contributed by atoms with E-state index in [1.807, 2.05) is 12.1 Å². The number of carbonyl (C=O) groups excluding carboxylic acids is 1. The van der Waals surface area contributed by atoms with Gasteiger partial charge in [0.1, 0.15) is 11.5 Å². The van der Waals surface area contributed by atoms with Crippen LogP contribution in [0.25, 0.3) is 0 Å². The zero-order valence-electron chi connectivity index (χ0n) is 18.0. The fraction of sp³-hybridized carbons (Fsp3) is 0.273. The predicted molar refractivity (Wildman–Crippen MR) is 122 cm³/mol. The molecule has 8 nitrogen and oxygen atoms in total. The molecule has 1 amide bonds. The van der Waals surface area contributed by atoms with Gasteiger partial charge in [-0.15, -0.1) is 0 Å². The van der Waals surface area contributed by atoms with Crippen LogP contribution in [0.2, 0.25) is 0 Å². The highest BCUT2D eigenvalue weighted by Crippen LogP contribution is 2.41. The summed E-state index contributed by atoms with van der Waals surface area (Å²) in [4.78, 5) is 13.4. The van der Waals surface area contributed by atoms with Crippen molar-refractivity contribution in [1.82, 2.24) is 10.6 Å². The minimum absolute atomic E-state index is 0.314. The lowest BCUT2D eigenvalue weighted by molar-refractivity contribution is -0.113. The second-order valence-electron chi connectivity index (χ2n) is 6.67. The molecule has 0 saturated heterocycles. The Kier molecular flexibility index (Phi) is 6.86. The van der Waals surface area contributed by atoms with E-state index in [9.17, 15) is 4.79 Å². The molecule has 1 aliphatic heterocycles. The lowest BCUT2D eigenvalue weighted by Crippen LogP contribution is -2.45. The summed E-state index contributed by atoms with van der Waals surface area (Å²) in [5.41, 5.74) is 2.30. The predicted octanol–water partition coefficient (Wildman–Crippen LogP) is 3.15. The molecule has 0 aliphatic carbocycles. The van der Waals surface area contributed by atoms with Gasteiger partial charge in [-0.1, -0.05) is 12.1 Å². The van der Waals surface area contributed by atoms with E-state index < -0.39 is 6.04 Å². The molecule has 0 unspecified atom stereocenters. The number of allylic oxidation sites excluding steroid dienone is 1. The van der Waals surface area contributed by atoms with Crippen LogP contribution in [0.5, 0.6) is 23.0 Å². The van der Waals surface area contributed by atoms with E-state index in [1.54, 1.807) is 59.6 Å². The van der Waals surface area contributed by atoms with Gasteiger partial charge in [0.25, 0.3) is 5.91 Å². The van der Waals surface area contributed by atoms with Gasteiger partial charge >= 0.3 is 0 Å². The maximum atomic E-state index is 13.4. The first-order chi connectivity index (χ1) is 14.9. The number of benzene rings is 2. The van der Waals surface area contributed by atoms with E-state index in [0.717, 1.165) is 0 Å². The lowest BCUT2D eigenvalue weighted by atomic mass is 9.93. The fourth-order valence-electron chi connectivity index (χ4n) is 3.44. The van der Waals surface area contributed by atoms with Crippen molar-refractivity contribution < 1.29 is 23.7 Å². The Morgan fingerprint density at radius 1 is 0.935 bits per heavy atom. The number of hydrogen-bond acceptors (Lipinski definition) is 6. The minimum atomic E-state index is -0.585. The van der Waals surface area contributed by atoms with Crippen molar-refractivity contribution in [3.05, 3.63) is 53.2 Å². The summed E-state index contributed by atoms with van der Waals surface area (Å²) >= 11 is 5.35. The molecule has 164 valence electrons. The van der Waals surface area contributed by atoms with Gasteiger partial charge in [-0.2, -0.15) is 0 Å². The molecule has 2 aromatic rings. The summed E-state index contributed by atoms with van der Waals surface area (Å²) < 4.78 is 21.8. The molecule has 31 heavy (non-hydrogen) atoms. The lowest BCUT2D eigenvalue weighted by Gasteiger charge is -2.31. The van der Waals surface area contributed by atoms with Crippen LogP contribution in [0.3, 0.4) is 0 Å². The average molecular weight is 444 g/mol. The summed E-state index contributed by atoms with van der Waals surface area (Å²) in [6, 6.07) is 10.1. The van der Waals surface area contributed by atoms with Crippen LogP contribution in [0, 0.1) is 0 Å². The van der Waals surface area contributed by atoms with Gasteiger partial charge in [-0.25, -0.2) is 0 Å². The molecule has 0 spiro atoms. The second kappa shape index (κ2) is 9.57. The fourth-order valence-corrected chi connectivity index (χ4v) is 3.72. The normalized spacial score (nSPS) is 15.5. The van der Waals surface area contributed by atoms with Gasteiger partial charge in [0.15, 0.2) is 16.6 Å². The highest BCUT2D eigenvalue weighted by Gasteiger charge is 2.33. The molecule has 2 aromatic carbocycles. The summed E-state index contributed by atoms with van der Waals surface area (Å²) in [7, 11) is 6.19. The van der Waals surface area contributed by atoms with Crippen LogP contribution in [0.15, 0.2) is 47.7 Å². The molecular weight excluding hydrogens is 418 g/mol. The van der Waals surface area contributed by atoms with E-state index in [0.29, 0.717) is 50.6 Å². The Morgan fingerprint density at radius 2 is 1.55 bits per heavy atom. The molecule has 1 aliphatic rings. The molecule has 1 heterocycles. The maximum absolute atomic E-state index is 13.4. The van der Waals surface area contributed by atoms with E-state index in [4.69, 9.17) is 31.2 Å². The summed E-state index contributed by atoms with van der Waals surface area (Å²) in [5.74, 6) is 1.79. The van der Waals surface area contributed by atoms with Gasteiger partial charge in [0, 0.05) is 17.3 Å². The Balaban J connectivity index is 2.07. The molecule has 0 saturated carbocycles. The quantitative estimate of drug-likeness (QED) is 0.563. The van der Waals surface area contributed by atoms with Crippen LogP contribution < -0.4 is 34.9 Å². The first-order valence-electron chi connectivity index (χ1n) is 9.46. The van der Waals surface area contributed by atoms with Crippen molar-refractivity contribution in [2.45, 2.75) is 13.0 Å². The number of anilines is 1. The molecule has 3 rings (SSSR count). The van der Waals surface area contributed by atoms with Gasteiger partial charge in [-0.3, -0.25) is 4.79 Å². The number of methoxy groups -OCH3 is 4. The third-order valence-electron chi connectivity index (χ3n) is 4.92. The Bertz CT molecular complexity index is 1040. The van der Waals surface area contributed by atoms with Crippen molar-refractivity contribution in [3.63, 3.8) is 0 Å². The van der Waals surface area contributed by atoms with E-state index in [-0.39, 0.29) is 5.91 Å². The highest BCUT2D eigenvalue weighted by molar-refractivity contribution is 7.80. The average Bonchev–Trinajstić information content (AvgIpc) is 2.77. The Morgan fingerprint density at radius 3 is 2.19 bits per heavy atom. The molecule has 0 fully saturated rings. The smallest absolute Gasteiger partial charge is 0.255 e. The van der Waals surface area contributed by atoms with E-state index in [1.165, 1.54) is 0 Å². The number of carbonyl (C=O) groups is 1. The monoisotopic (exact) mass is 443 g/mol. The zero-order valence-corrected chi connectivity index (χ0v) is 18.8. The van der Waals surface area contributed by atoms with Crippen molar-refractivity contribution in [1.29, 1.82) is 0 Å². The number of rotatable bonds is 7. The van der Waals surface area contributed by atoms with Crippen LogP contribution in [0.1, 0.15) is 18.5 Å². The van der Waals surface area contributed by atoms with Crippen LogP contribution >= 0.6 is 12.2 Å². The molecule has 0 aromatic heterocycles. The maximum Gasteiger partial charge on any atom is 0.255 e. The zero-order chi connectivity index (χ0) is 22.5. The standard InChI is InChI=1S/C22H25N3O5S/c1-12-19(21(26)24-14-8-6-7-9-15(14)27-2)20(25-22(31)23-12)13-10-17(29-4)18(30-5)11-16(13)28-3/h6-11,20H,1-5H3,(H,24,26)(H2,23,25,31)/t20-/m0/s1. The largest absolute Gasteiger partial charge is 0.496 e. The third kappa shape index (κ3) is 4.51. The minimum Gasteiger partial charge on any atom is -0.496 e. The van der Waals surface area contributed by atoms with Crippen LogP contribution in [-0.4, -0.2) is 39.5 Å². The number of thiocarbonyl (C=S) groups is 1. The summed E-state index contributed by atoms with van der Waals surface area (Å²) in [5, 5.41) is 9.51. The molecule has 3 N–H and O–H groups in total. The van der Waals surface area contributed by atoms with E-state index >= 15 is 0 Å². The summed E-state index contributed by atoms with van der Waals surface area (Å²) in [6.07, 6.45) is 0. The Hall–Kier alpha value is -3.46. The van der Waals surface area contributed by atoms with Crippen molar-refractivity contribution in [2.24, 2.45) is 0 Å². The SMILES string of the molecule is COc1ccccc1NC(=O)C1=C(C)NC(=S)N[C@H]1c1cc(OC)c(OC)cc1OC. The van der Waals surface area contributed by atoms with Gasteiger partial charge in [0.2, 0.25) is 0 Å².